The Balaban J connectivity index is 1.69. The van der Waals surface area contributed by atoms with E-state index in [0.29, 0.717) is 28.9 Å². The van der Waals surface area contributed by atoms with E-state index in [1.807, 2.05) is 16.8 Å². The number of nitrogens with zero attached hydrogens (tertiary/aromatic N) is 2. The Morgan fingerprint density at radius 1 is 1.04 bits per heavy atom. The Bertz CT molecular complexity index is 1170. The van der Waals surface area contributed by atoms with Gasteiger partial charge in [-0.15, -0.1) is 0 Å². The second kappa shape index (κ2) is 7.21. The minimum Gasteiger partial charge on any atom is -0.328 e. The minimum atomic E-state index is -0.627. The fraction of sp³-hybridized carbons (Fsp3) is 0.0476. The minimum absolute atomic E-state index is 0.311. The van der Waals surface area contributed by atoms with Gasteiger partial charge in [-0.25, -0.2) is 19.2 Å². The summed E-state index contributed by atoms with van der Waals surface area (Å²) in [7, 11) is 0. The SMILES string of the molecule is O=C(NO)c1ccc(Cn2ccc3c(-c4ccc(F)cc4F)ccnc32)cc1. The number of amides is 1. The second-order valence-electron chi connectivity index (χ2n) is 6.30. The number of halogens is 2. The lowest BCUT2D eigenvalue weighted by atomic mass is 10.0. The molecule has 28 heavy (non-hydrogen) atoms. The van der Waals surface area contributed by atoms with Gasteiger partial charge in [-0.05, 0) is 47.5 Å². The molecule has 0 fully saturated rings. The molecular weight excluding hydrogens is 364 g/mol. The molecule has 0 atom stereocenters. The van der Waals surface area contributed by atoms with Crippen LogP contribution < -0.4 is 5.48 Å². The van der Waals surface area contributed by atoms with Crippen LogP contribution in [-0.4, -0.2) is 20.7 Å². The predicted molar refractivity (Wildman–Crippen MR) is 99.9 cm³/mol. The molecule has 0 spiro atoms. The summed E-state index contributed by atoms with van der Waals surface area (Å²) in [6, 6.07) is 13.8. The van der Waals surface area contributed by atoms with Crippen molar-refractivity contribution in [3.8, 4) is 11.1 Å². The van der Waals surface area contributed by atoms with E-state index in [-0.39, 0.29) is 0 Å². The van der Waals surface area contributed by atoms with Crippen LogP contribution in [0.2, 0.25) is 0 Å². The maximum absolute atomic E-state index is 14.2. The fourth-order valence-electron chi connectivity index (χ4n) is 3.18. The quantitative estimate of drug-likeness (QED) is 0.414. The molecule has 0 bridgehead atoms. The molecule has 0 aliphatic rings. The number of hydrogen-bond acceptors (Lipinski definition) is 3. The lowest BCUT2D eigenvalue weighted by molar-refractivity contribution is 0.0706. The van der Waals surface area contributed by atoms with Crippen molar-refractivity contribution >= 4 is 16.9 Å². The molecule has 0 saturated carbocycles. The van der Waals surface area contributed by atoms with E-state index in [4.69, 9.17) is 5.21 Å². The topological polar surface area (TPSA) is 67.2 Å². The highest BCUT2D eigenvalue weighted by atomic mass is 19.1. The molecule has 0 saturated heterocycles. The van der Waals surface area contributed by atoms with E-state index in [1.165, 1.54) is 12.1 Å². The van der Waals surface area contributed by atoms with Crippen LogP contribution in [0.4, 0.5) is 8.78 Å². The molecule has 2 N–H and O–H groups in total. The van der Waals surface area contributed by atoms with Crippen LogP contribution >= 0.6 is 0 Å². The van der Waals surface area contributed by atoms with Crippen molar-refractivity contribution in [2.75, 3.05) is 0 Å². The summed E-state index contributed by atoms with van der Waals surface area (Å²) >= 11 is 0. The summed E-state index contributed by atoms with van der Waals surface area (Å²) < 4.78 is 29.4. The van der Waals surface area contributed by atoms with E-state index in [2.05, 4.69) is 4.98 Å². The van der Waals surface area contributed by atoms with E-state index >= 15 is 0 Å². The van der Waals surface area contributed by atoms with Crippen LogP contribution in [0.1, 0.15) is 15.9 Å². The number of nitrogens with one attached hydrogen (secondary N) is 1. The highest BCUT2D eigenvalue weighted by Gasteiger charge is 2.13. The van der Waals surface area contributed by atoms with Gasteiger partial charge in [0.25, 0.3) is 5.91 Å². The zero-order valence-corrected chi connectivity index (χ0v) is 14.6. The van der Waals surface area contributed by atoms with Gasteiger partial charge in [-0.2, -0.15) is 0 Å². The van der Waals surface area contributed by atoms with Gasteiger partial charge in [0.05, 0.1) is 0 Å². The summed E-state index contributed by atoms with van der Waals surface area (Å²) in [6.45, 7) is 0.493. The highest BCUT2D eigenvalue weighted by Crippen LogP contribution is 2.30. The van der Waals surface area contributed by atoms with Crippen LogP contribution in [0.15, 0.2) is 67.0 Å². The normalized spacial score (nSPS) is 11.0. The van der Waals surface area contributed by atoms with Crippen molar-refractivity contribution in [3.63, 3.8) is 0 Å². The molecule has 2 aromatic carbocycles. The Morgan fingerprint density at radius 3 is 2.54 bits per heavy atom. The first kappa shape index (κ1) is 17.8. The van der Waals surface area contributed by atoms with Gasteiger partial charge in [0, 0.05) is 41.5 Å². The van der Waals surface area contributed by atoms with Gasteiger partial charge in [0.15, 0.2) is 0 Å². The van der Waals surface area contributed by atoms with Crippen LogP contribution in [0.5, 0.6) is 0 Å². The summed E-state index contributed by atoms with van der Waals surface area (Å²) in [6.07, 6.45) is 3.43. The van der Waals surface area contributed by atoms with Gasteiger partial charge in [-0.1, -0.05) is 12.1 Å². The van der Waals surface area contributed by atoms with Crippen LogP contribution in [0.25, 0.3) is 22.2 Å². The lowest BCUT2D eigenvalue weighted by Gasteiger charge is -2.08. The summed E-state index contributed by atoms with van der Waals surface area (Å²) in [4.78, 5) is 15.8. The smallest absolute Gasteiger partial charge is 0.274 e. The molecule has 7 heteroatoms. The molecule has 1 amide bonds. The highest BCUT2D eigenvalue weighted by molar-refractivity contribution is 5.94. The van der Waals surface area contributed by atoms with E-state index < -0.39 is 17.5 Å². The van der Waals surface area contributed by atoms with Crippen molar-refractivity contribution in [1.29, 1.82) is 0 Å². The Hall–Kier alpha value is -3.58. The number of carbonyl (C=O) groups is 1. The van der Waals surface area contributed by atoms with Gasteiger partial charge in [0.1, 0.15) is 17.3 Å². The maximum Gasteiger partial charge on any atom is 0.274 e. The average molecular weight is 379 g/mol. The molecule has 140 valence electrons. The van der Waals surface area contributed by atoms with Crippen LogP contribution in [0, 0.1) is 11.6 Å². The van der Waals surface area contributed by atoms with Gasteiger partial charge < -0.3 is 4.57 Å². The summed E-state index contributed by atoms with van der Waals surface area (Å²) in [5.41, 5.74) is 4.47. The second-order valence-corrected chi connectivity index (χ2v) is 6.30. The van der Waals surface area contributed by atoms with Crippen molar-refractivity contribution < 1.29 is 18.8 Å². The molecule has 0 aliphatic heterocycles. The number of aromatic nitrogens is 2. The largest absolute Gasteiger partial charge is 0.328 e. The van der Waals surface area contributed by atoms with Crippen molar-refractivity contribution in [1.82, 2.24) is 15.0 Å². The molecule has 0 unspecified atom stereocenters. The van der Waals surface area contributed by atoms with Crippen molar-refractivity contribution in [2.24, 2.45) is 0 Å². The molecule has 2 heterocycles. The van der Waals surface area contributed by atoms with Crippen molar-refractivity contribution in [3.05, 3.63) is 89.8 Å². The molecular formula is C21H15F2N3O2. The maximum atomic E-state index is 14.2. The van der Waals surface area contributed by atoms with E-state index in [9.17, 15) is 13.6 Å². The zero-order chi connectivity index (χ0) is 19.7. The molecule has 4 rings (SSSR count). The van der Waals surface area contributed by atoms with Gasteiger partial charge >= 0.3 is 0 Å². The van der Waals surface area contributed by atoms with Crippen LogP contribution in [0.3, 0.4) is 0 Å². The number of carbonyl (C=O) groups excluding carboxylic acids is 1. The fourth-order valence-corrected chi connectivity index (χ4v) is 3.18. The third kappa shape index (κ3) is 3.23. The van der Waals surface area contributed by atoms with Crippen molar-refractivity contribution in [2.45, 2.75) is 6.54 Å². The molecule has 0 aliphatic carbocycles. The van der Waals surface area contributed by atoms with Crippen LogP contribution in [-0.2, 0) is 6.54 Å². The number of rotatable bonds is 4. The first-order valence-electron chi connectivity index (χ1n) is 8.49. The molecule has 4 aromatic rings. The third-order valence-corrected chi connectivity index (χ3v) is 4.55. The predicted octanol–water partition coefficient (Wildman–Crippen LogP) is 4.15. The number of benzene rings is 2. The number of hydroxylamine groups is 1. The number of hydrogen-bond donors (Lipinski definition) is 2. The monoisotopic (exact) mass is 379 g/mol. The molecule has 5 nitrogen and oxygen atoms in total. The zero-order valence-electron chi connectivity index (χ0n) is 14.6. The Morgan fingerprint density at radius 2 is 1.82 bits per heavy atom. The number of fused-ring (bicyclic) bond motifs is 1. The first-order chi connectivity index (χ1) is 13.6. The average Bonchev–Trinajstić information content (AvgIpc) is 3.11. The summed E-state index contributed by atoms with van der Waals surface area (Å²) in [5, 5.41) is 9.43. The third-order valence-electron chi connectivity index (χ3n) is 4.55. The van der Waals surface area contributed by atoms with E-state index in [0.717, 1.165) is 17.0 Å². The molecule has 0 radical (unpaired) electrons. The van der Waals surface area contributed by atoms with Gasteiger partial charge in [0.2, 0.25) is 0 Å². The Kier molecular flexibility index (Phi) is 4.58. The lowest BCUT2D eigenvalue weighted by Crippen LogP contribution is -2.18. The van der Waals surface area contributed by atoms with E-state index in [1.54, 1.807) is 42.0 Å². The molecule has 2 aromatic heterocycles. The van der Waals surface area contributed by atoms with Gasteiger partial charge in [-0.3, -0.25) is 10.0 Å². The standard InChI is InChI=1S/C21H15F2N3O2/c22-15-5-6-17(19(23)11-15)16-7-9-24-20-18(16)8-10-26(20)12-13-1-3-14(4-2-13)21(27)25-28/h1-11,28H,12H2,(H,25,27). The number of pyridine rings is 1. The Labute approximate surface area is 158 Å². The summed E-state index contributed by atoms with van der Waals surface area (Å²) in [5.74, 6) is -1.83. The first-order valence-corrected chi connectivity index (χ1v) is 8.49.